The van der Waals surface area contributed by atoms with Gasteiger partial charge in [-0.15, -0.1) is 0 Å². The van der Waals surface area contributed by atoms with Gasteiger partial charge in [-0.1, -0.05) is 38.5 Å². The van der Waals surface area contributed by atoms with Crippen LogP contribution in [0.1, 0.15) is 78.6 Å². The summed E-state index contributed by atoms with van der Waals surface area (Å²) >= 11 is 0. The number of esters is 3. The molecule has 0 saturated carbocycles. The van der Waals surface area contributed by atoms with Crippen LogP contribution in [0.4, 0.5) is 0 Å². The van der Waals surface area contributed by atoms with Gasteiger partial charge in [0.25, 0.3) is 0 Å². The molecule has 0 bridgehead atoms. The fourth-order valence-corrected chi connectivity index (χ4v) is 6.27. The number of carboxylic acids is 5. The number of carbonyl (C=O) groups is 10. The molecule has 0 spiro atoms. The van der Waals surface area contributed by atoms with Crippen molar-refractivity contribution in [3.8, 4) is 0 Å². The zero-order valence-corrected chi connectivity index (χ0v) is 36.4. The molecule has 1 atom stereocenters. The summed E-state index contributed by atoms with van der Waals surface area (Å²) < 4.78 is 15.3. The number of hydrogen-bond acceptors (Lipinski definition) is 16. The summed E-state index contributed by atoms with van der Waals surface area (Å²) in [5.74, 6) is -9.77. The molecule has 0 radical (unpaired) electrons. The number of hydrogen-bond donors (Lipinski definition) is 5. The van der Waals surface area contributed by atoms with E-state index in [0.29, 0.717) is 25.9 Å². The van der Waals surface area contributed by atoms with Crippen LogP contribution in [0, 0.1) is 5.41 Å². The number of carbonyl (C=O) groups excluding carboxylic acids is 5. The van der Waals surface area contributed by atoms with Gasteiger partial charge in [-0.25, -0.2) is 0 Å². The van der Waals surface area contributed by atoms with E-state index in [2.05, 4.69) is 0 Å². The zero-order valence-electron chi connectivity index (χ0n) is 36.4. The molecular formula is C39H65N5O18. The first-order valence-electron chi connectivity index (χ1n) is 20.2. The molecule has 23 heteroatoms. The van der Waals surface area contributed by atoms with Gasteiger partial charge in [-0.3, -0.25) is 62.6 Å². The summed E-state index contributed by atoms with van der Waals surface area (Å²) in [6, 6.07) is -1.49. The van der Waals surface area contributed by atoms with E-state index in [0.717, 1.165) is 69.1 Å². The van der Waals surface area contributed by atoms with Crippen LogP contribution in [0.25, 0.3) is 0 Å². The molecule has 0 fully saturated rings. The number of ether oxygens (including phenoxy) is 3. The second-order valence-corrected chi connectivity index (χ2v) is 15.1. The lowest BCUT2D eigenvalue weighted by molar-refractivity contribution is -0.169. The van der Waals surface area contributed by atoms with E-state index in [1.807, 2.05) is 0 Å². The zero-order chi connectivity index (χ0) is 47.4. The quantitative estimate of drug-likeness (QED) is 0.0309. The molecule has 2 amide bonds. The Bertz CT molecular complexity index is 1390. The molecule has 1 unspecified atom stereocenters. The maximum absolute atomic E-state index is 13.5. The van der Waals surface area contributed by atoms with Crippen LogP contribution in [-0.2, 0) is 62.2 Å². The van der Waals surface area contributed by atoms with Crippen LogP contribution >= 0.6 is 0 Å². The lowest BCUT2D eigenvalue weighted by Gasteiger charge is -2.34. The number of amides is 2. The number of rotatable bonds is 36. The molecule has 23 nitrogen and oxygen atoms in total. The number of nitrogens with zero attached hydrogens (tertiary/aromatic N) is 5. The average molecular weight is 892 g/mol. The predicted molar refractivity (Wildman–Crippen MR) is 216 cm³/mol. The Kier molecular flexibility index (Phi) is 27.9. The second kappa shape index (κ2) is 30.6. The van der Waals surface area contributed by atoms with Gasteiger partial charge in [0, 0.05) is 74.1 Å². The molecule has 62 heavy (non-hydrogen) atoms. The first-order valence-corrected chi connectivity index (χ1v) is 20.2. The monoisotopic (exact) mass is 891 g/mol. The highest BCUT2D eigenvalue weighted by atomic mass is 16.6. The lowest BCUT2D eigenvalue weighted by Crippen LogP contribution is -2.52. The van der Waals surface area contributed by atoms with E-state index in [1.165, 1.54) is 21.7 Å². The normalized spacial score (nSPS) is 11.8. The van der Waals surface area contributed by atoms with Crippen molar-refractivity contribution in [1.82, 2.24) is 24.5 Å². The molecule has 0 aliphatic rings. The highest BCUT2D eigenvalue weighted by Gasteiger charge is 2.44. The molecule has 0 aromatic rings. The molecule has 5 N–H and O–H groups in total. The van der Waals surface area contributed by atoms with Gasteiger partial charge in [0.1, 0.15) is 25.9 Å². The highest BCUT2D eigenvalue weighted by molar-refractivity contribution is 5.85. The van der Waals surface area contributed by atoms with E-state index in [-0.39, 0.29) is 26.2 Å². The summed E-state index contributed by atoms with van der Waals surface area (Å²) in [7, 11) is 3.07. The van der Waals surface area contributed by atoms with Crippen molar-refractivity contribution >= 4 is 59.6 Å². The fraction of sp³-hybridized carbons (Fsp3) is 0.744. The maximum Gasteiger partial charge on any atom is 0.321 e. The fourth-order valence-electron chi connectivity index (χ4n) is 6.27. The Morgan fingerprint density at radius 1 is 0.468 bits per heavy atom. The van der Waals surface area contributed by atoms with Crippen molar-refractivity contribution < 1.29 is 87.7 Å². The Hall–Kier alpha value is -5.42. The number of carboxylic acid groups (broad SMARTS) is 5. The van der Waals surface area contributed by atoms with E-state index < -0.39 is 123 Å². The number of unbranched alkanes of at least 4 members (excludes halogenated alkanes) is 7. The van der Waals surface area contributed by atoms with Crippen molar-refractivity contribution in [2.75, 3.05) is 99.4 Å². The van der Waals surface area contributed by atoms with Crippen LogP contribution in [0.2, 0.25) is 0 Å². The minimum Gasteiger partial charge on any atom is -0.480 e. The molecule has 0 saturated heterocycles. The Morgan fingerprint density at radius 3 is 1.10 bits per heavy atom. The average Bonchev–Trinajstić information content (AvgIpc) is 3.15. The molecule has 0 aromatic heterocycles. The lowest BCUT2D eigenvalue weighted by atomic mass is 9.88. The molecule has 0 heterocycles. The van der Waals surface area contributed by atoms with Crippen molar-refractivity contribution in [3.63, 3.8) is 0 Å². The standard InChI is InChI=1S/C39H65N5O18/c1-28(45)60-25-39(26-61-29(2)46,27-62-30(3)47)38(59)41(5)15-13-11-9-7-6-8-10-12-14-40(4)32(48)20-31(37(57)58)44(18-16-42(21-33(49)50)22-34(51)52)19-17-43(23-35(53)54)24-36(55)56/h31H,6-27H2,1-5H3,(H,49,50)(H,51,52)(H,53,54)(H,55,56)(H,57,58). The van der Waals surface area contributed by atoms with Crippen LogP contribution in [0.3, 0.4) is 0 Å². The Morgan fingerprint density at radius 2 is 0.790 bits per heavy atom. The summed E-state index contributed by atoms with van der Waals surface area (Å²) in [5.41, 5.74) is -1.62. The molecule has 0 aliphatic carbocycles. The third kappa shape index (κ3) is 26.0. The summed E-state index contributed by atoms with van der Waals surface area (Å²) in [5, 5.41) is 47.0. The minimum absolute atomic E-state index is 0.231. The van der Waals surface area contributed by atoms with Crippen molar-refractivity contribution in [1.29, 1.82) is 0 Å². The van der Waals surface area contributed by atoms with Crippen molar-refractivity contribution in [3.05, 3.63) is 0 Å². The first kappa shape index (κ1) is 56.6. The second-order valence-electron chi connectivity index (χ2n) is 15.1. The van der Waals surface area contributed by atoms with E-state index in [1.54, 1.807) is 7.05 Å². The van der Waals surface area contributed by atoms with Gasteiger partial charge < -0.3 is 49.5 Å². The third-order valence-corrected chi connectivity index (χ3v) is 9.55. The van der Waals surface area contributed by atoms with Gasteiger partial charge in [0.15, 0.2) is 5.41 Å². The topological polar surface area (TPSA) is 316 Å². The first-order chi connectivity index (χ1) is 29.0. The van der Waals surface area contributed by atoms with Gasteiger partial charge in [0.05, 0.1) is 32.6 Å². The van der Waals surface area contributed by atoms with E-state index in [4.69, 9.17) is 14.2 Å². The smallest absolute Gasteiger partial charge is 0.321 e. The van der Waals surface area contributed by atoms with Crippen molar-refractivity contribution in [2.45, 2.75) is 84.6 Å². The van der Waals surface area contributed by atoms with Gasteiger partial charge >= 0.3 is 47.8 Å². The molecule has 0 aromatic carbocycles. The van der Waals surface area contributed by atoms with Crippen LogP contribution < -0.4 is 0 Å². The minimum atomic E-state index is -1.62. The highest BCUT2D eigenvalue weighted by Crippen LogP contribution is 2.24. The number of aliphatic carboxylic acids is 5. The largest absolute Gasteiger partial charge is 0.480 e. The molecule has 0 rings (SSSR count). The molecular weight excluding hydrogens is 826 g/mol. The van der Waals surface area contributed by atoms with E-state index >= 15 is 0 Å². The predicted octanol–water partition coefficient (Wildman–Crippen LogP) is -0.213. The maximum atomic E-state index is 13.5. The third-order valence-electron chi connectivity index (χ3n) is 9.55. The molecule has 0 aliphatic heterocycles. The summed E-state index contributed by atoms with van der Waals surface area (Å²) in [6.45, 7) is -0.877. The van der Waals surface area contributed by atoms with E-state index in [9.17, 15) is 73.5 Å². The van der Waals surface area contributed by atoms with Crippen LogP contribution in [-0.4, -0.2) is 215 Å². The van der Waals surface area contributed by atoms with Crippen molar-refractivity contribution in [2.24, 2.45) is 5.41 Å². The van der Waals surface area contributed by atoms with Crippen LogP contribution in [0.5, 0.6) is 0 Å². The van der Waals surface area contributed by atoms with Gasteiger partial charge in [0.2, 0.25) is 11.8 Å². The summed E-state index contributed by atoms with van der Waals surface area (Å²) in [4.78, 5) is 125. The van der Waals surface area contributed by atoms with Gasteiger partial charge in [-0.05, 0) is 12.8 Å². The van der Waals surface area contributed by atoms with Crippen LogP contribution in [0.15, 0.2) is 0 Å². The molecule has 354 valence electrons. The Balaban J connectivity index is 5.21. The summed E-state index contributed by atoms with van der Waals surface area (Å²) in [6.07, 6.45) is 5.79. The SMILES string of the molecule is CC(=O)OCC(COC(C)=O)(COC(C)=O)C(=O)N(C)CCCCCCCCCCN(C)C(=O)CC(C(=O)O)N(CCN(CC(=O)O)CC(=O)O)CCN(CC(=O)O)CC(=O)O. The Labute approximate surface area is 360 Å². The van der Waals surface area contributed by atoms with Gasteiger partial charge in [-0.2, -0.15) is 0 Å².